The number of ether oxygens (including phenoxy) is 1. The monoisotopic (exact) mass is 347 g/mol. The molecule has 1 aliphatic carbocycles. The molecule has 0 saturated heterocycles. The van der Waals surface area contributed by atoms with Crippen molar-refractivity contribution in [2.24, 2.45) is 5.41 Å². The summed E-state index contributed by atoms with van der Waals surface area (Å²) in [7, 11) is 0. The van der Waals surface area contributed by atoms with Crippen molar-refractivity contribution >= 4 is 37.5 Å². The summed E-state index contributed by atoms with van der Waals surface area (Å²) in [4.78, 5) is 0. The molecule has 0 aliphatic heterocycles. The van der Waals surface area contributed by atoms with Gasteiger partial charge < -0.3 is 10.5 Å². The average molecular weight is 349 g/mol. The van der Waals surface area contributed by atoms with Crippen molar-refractivity contribution in [3.05, 3.63) is 24.3 Å². The molecule has 1 saturated carbocycles. The highest BCUT2D eigenvalue weighted by molar-refractivity contribution is 9.25. The minimum atomic E-state index is 0.117. The Morgan fingerprint density at radius 2 is 2.12 bits per heavy atom. The number of nitrogen functional groups attached to an aromatic ring is 1. The predicted octanol–water partition coefficient (Wildman–Crippen LogP) is 3.93. The molecular formula is C12H15Br2NO. The lowest BCUT2D eigenvalue weighted by atomic mass is 10.1. The standard InChI is InChI=1S/C12H15Br2NO/c1-11(8-12(11,13)14)5-6-16-10-4-2-3-9(15)7-10/h2-4,7H,5-6,8,15H2,1H3. The van der Waals surface area contributed by atoms with E-state index < -0.39 is 0 Å². The lowest BCUT2D eigenvalue weighted by molar-refractivity contribution is 0.277. The van der Waals surface area contributed by atoms with E-state index >= 15 is 0 Å². The molecule has 1 aliphatic rings. The molecule has 1 unspecified atom stereocenters. The van der Waals surface area contributed by atoms with Crippen LogP contribution in [-0.4, -0.2) is 9.84 Å². The van der Waals surface area contributed by atoms with Crippen LogP contribution < -0.4 is 10.5 Å². The highest BCUT2D eigenvalue weighted by atomic mass is 79.9. The van der Waals surface area contributed by atoms with E-state index in [-0.39, 0.29) is 3.23 Å². The second-order valence-electron chi connectivity index (χ2n) is 4.61. The fourth-order valence-electron chi connectivity index (χ4n) is 1.72. The van der Waals surface area contributed by atoms with E-state index in [9.17, 15) is 0 Å². The van der Waals surface area contributed by atoms with Crippen LogP contribution in [0.25, 0.3) is 0 Å². The summed E-state index contributed by atoms with van der Waals surface area (Å²) in [6.07, 6.45) is 2.17. The summed E-state index contributed by atoms with van der Waals surface area (Å²) in [6.45, 7) is 2.97. The molecule has 1 aromatic carbocycles. The molecule has 0 heterocycles. The van der Waals surface area contributed by atoms with Gasteiger partial charge in [-0.2, -0.15) is 0 Å². The van der Waals surface area contributed by atoms with E-state index in [0.717, 1.165) is 30.9 Å². The van der Waals surface area contributed by atoms with Crippen molar-refractivity contribution < 1.29 is 4.74 Å². The maximum Gasteiger partial charge on any atom is 0.121 e. The largest absolute Gasteiger partial charge is 0.493 e. The summed E-state index contributed by atoms with van der Waals surface area (Å²) in [5, 5.41) is 0. The van der Waals surface area contributed by atoms with Crippen LogP contribution in [0.4, 0.5) is 5.69 Å². The van der Waals surface area contributed by atoms with Gasteiger partial charge in [-0.3, -0.25) is 0 Å². The fraction of sp³-hybridized carbons (Fsp3) is 0.500. The number of nitrogens with two attached hydrogens (primary N) is 1. The van der Waals surface area contributed by atoms with Crippen molar-refractivity contribution in [2.75, 3.05) is 12.3 Å². The van der Waals surface area contributed by atoms with Crippen molar-refractivity contribution in [2.45, 2.75) is 23.0 Å². The van der Waals surface area contributed by atoms with Gasteiger partial charge in [-0.15, -0.1) is 0 Å². The molecule has 16 heavy (non-hydrogen) atoms. The number of alkyl halides is 2. The predicted molar refractivity (Wildman–Crippen MR) is 74.3 cm³/mol. The van der Waals surface area contributed by atoms with Gasteiger partial charge in [0.2, 0.25) is 0 Å². The van der Waals surface area contributed by atoms with E-state index in [1.165, 1.54) is 0 Å². The van der Waals surface area contributed by atoms with E-state index in [1.807, 2.05) is 24.3 Å². The molecule has 0 aromatic heterocycles. The van der Waals surface area contributed by atoms with Crippen LogP contribution in [0.3, 0.4) is 0 Å². The van der Waals surface area contributed by atoms with Gasteiger partial charge in [0.05, 0.1) is 9.84 Å². The first kappa shape index (κ1) is 12.2. The van der Waals surface area contributed by atoms with Crippen LogP contribution in [0.2, 0.25) is 0 Å². The van der Waals surface area contributed by atoms with Gasteiger partial charge in [0, 0.05) is 11.8 Å². The van der Waals surface area contributed by atoms with Crippen LogP contribution in [0.5, 0.6) is 5.75 Å². The maximum absolute atomic E-state index is 5.68. The SMILES string of the molecule is CC1(CCOc2cccc(N)c2)CC1(Br)Br. The summed E-state index contributed by atoms with van der Waals surface area (Å²) < 4.78 is 5.79. The highest BCUT2D eigenvalue weighted by Gasteiger charge is 2.60. The van der Waals surface area contributed by atoms with E-state index in [4.69, 9.17) is 10.5 Å². The molecule has 0 radical (unpaired) electrons. The Morgan fingerprint density at radius 3 is 2.69 bits per heavy atom. The second-order valence-corrected chi connectivity index (χ2v) is 8.38. The molecule has 1 fully saturated rings. The molecule has 2 N–H and O–H groups in total. The number of benzene rings is 1. The van der Waals surface area contributed by atoms with E-state index in [1.54, 1.807) is 0 Å². The van der Waals surface area contributed by atoms with Gasteiger partial charge in [-0.1, -0.05) is 44.8 Å². The summed E-state index contributed by atoms with van der Waals surface area (Å²) in [5.41, 5.74) is 6.72. The highest BCUT2D eigenvalue weighted by Crippen LogP contribution is 2.67. The Labute approximate surface area is 113 Å². The Hall–Kier alpha value is -0.220. The van der Waals surface area contributed by atoms with Crippen LogP contribution in [0.15, 0.2) is 24.3 Å². The molecule has 88 valence electrons. The molecule has 2 rings (SSSR count). The maximum atomic E-state index is 5.68. The number of hydrogen-bond donors (Lipinski definition) is 1. The van der Waals surface area contributed by atoms with Crippen LogP contribution >= 0.6 is 31.9 Å². The van der Waals surface area contributed by atoms with E-state index in [0.29, 0.717) is 5.41 Å². The van der Waals surface area contributed by atoms with Gasteiger partial charge >= 0.3 is 0 Å². The van der Waals surface area contributed by atoms with Crippen LogP contribution in [0.1, 0.15) is 19.8 Å². The Kier molecular flexibility index (Phi) is 3.23. The Morgan fingerprint density at radius 1 is 1.44 bits per heavy atom. The number of halogens is 2. The van der Waals surface area contributed by atoms with Crippen LogP contribution in [0, 0.1) is 5.41 Å². The minimum absolute atomic E-state index is 0.117. The van der Waals surface area contributed by atoms with Gasteiger partial charge in [0.1, 0.15) is 5.75 Å². The zero-order valence-corrected chi connectivity index (χ0v) is 12.3. The topological polar surface area (TPSA) is 35.2 Å². The van der Waals surface area contributed by atoms with Crippen molar-refractivity contribution in [1.29, 1.82) is 0 Å². The zero-order chi connectivity index (χ0) is 11.8. The van der Waals surface area contributed by atoms with Gasteiger partial charge in [0.25, 0.3) is 0 Å². The third-order valence-electron chi connectivity index (χ3n) is 3.15. The fourth-order valence-corrected chi connectivity index (χ4v) is 3.35. The van der Waals surface area contributed by atoms with Gasteiger partial charge in [0.15, 0.2) is 0 Å². The third-order valence-corrected chi connectivity index (χ3v) is 5.63. The van der Waals surface area contributed by atoms with Crippen molar-refractivity contribution in [1.82, 2.24) is 0 Å². The number of rotatable bonds is 4. The van der Waals surface area contributed by atoms with Crippen molar-refractivity contribution in [3.63, 3.8) is 0 Å². The molecular weight excluding hydrogens is 334 g/mol. The summed E-state index contributed by atoms with van der Waals surface area (Å²) in [5.74, 6) is 0.846. The van der Waals surface area contributed by atoms with Gasteiger partial charge in [-0.25, -0.2) is 0 Å². The molecule has 1 atom stereocenters. The van der Waals surface area contributed by atoms with Crippen LogP contribution in [-0.2, 0) is 0 Å². The second kappa shape index (κ2) is 4.22. The first-order valence-electron chi connectivity index (χ1n) is 5.29. The lowest BCUT2D eigenvalue weighted by Crippen LogP contribution is -2.09. The molecule has 4 heteroatoms. The molecule has 0 bridgehead atoms. The molecule has 1 aromatic rings. The molecule has 2 nitrogen and oxygen atoms in total. The molecule has 0 spiro atoms. The zero-order valence-electron chi connectivity index (χ0n) is 9.17. The lowest BCUT2D eigenvalue weighted by Gasteiger charge is -2.13. The van der Waals surface area contributed by atoms with E-state index in [2.05, 4.69) is 38.8 Å². The van der Waals surface area contributed by atoms with Crippen molar-refractivity contribution in [3.8, 4) is 5.75 Å². The minimum Gasteiger partial charge on any atom is -0.493 e. The first-order valence-corrected chi connectivity index (χ1v) is 6.88. The normalized spacial score (nSPS) is 26.4. The van der Waals surface area contributed by atoms with Gasteiger partial charge in [-0.05, 0) is 30.4 Å². The summed E-state index contributed by atoms with van der Waals surface area (Å²) >= 11 is 7.30. The summed E-state index contributed by atoms with van der Waals surface area (Å²) in [6, 6.07) is 7.55. The Balaban J connectivity index is 1.81. The average Bonchev–Trinajstić information content (AvgIpc) is 2.65. The first-order chi connectivity index (χ1) is 7.43. The Bertz CT molecular complexity index is 394. The smallest absolute Gasteiger partial charge is 0.121 e. The quantitative estimate of drug-likeness (QED) is 0.660. The number of hydrogen-bond acceptors (Lipinski definition) is 2. The number of anilines is 1. The third kappa shape index (κ3) is 2.54. The molecule has 0 amide bonds.